The molecule has 1 fully saturated rings. The number of halogens is 1. The Morgan fingerprint density at radius 3 is 2.76 bits per heavy atom. The fourth-order valence-corrected chi connectivity index (χ4v) is 4.34. The third-order valence-corrected chi connectivity index (χ3v) is 5.78. The molecular formula is C21H23FN4O2S. The summed E-state index contributed by atoms with van der Waals surface area (Å²) >= 11 is 1.44. The van der Waals surface area contributed by atoms with Gasteiger partial charge in [0.1, 0.15) is 11.6 Å². The fourth-order valence-electron chi connectivity index (χ4n) is 3.43. The zero-order valence-electron chi connectivity index (χ0n) is 16.2. The molecule has 1 aliphatic rings. The molecule has 0 unspecified atom stereocenters. The second-order valence-electron chi connectivity index (χ2n) is 6.84. The average molecular weight is 415 g/mol. The molecule has 29 heavy (non-hydrogen) atoms. The fraction of sp³-hybridized carbons (Fsp3) is 0.333. The van der Waals surface area contributed by atoms with Gasteiger partial charge in [0.2, 0.25) is 5.91 Å². The number of benzene rings is 2. The lowest BCUT2D eigenvalue weighted by atomic mass is 10.2. The maximum atomic E-state index is 13.9. The maximum Gasteiger partial charge on any atom is 0.240 e. The summed E-state index contributed by atoms with van der Waals surface area (Å²) in [5, 5.41) is 3.48. The number of thiazole rings is 1. The topological polar surface area (TPSA) is 57.7 Å². The molecule has 0 aliphatic carbocycles. The highest BCUT2D eigenvalue weighted by Gasteiger charge is 2.21. The van der Waals surface area contributed by atoms with Crippen molar-refractivity contribution in [2.45, 2.75) is 6.92 Å². The van der Waals surface area contributed by atoms with E-state index in [1.807, 2.05) is 36.1 Å². The standard InChI is InChI=1S/C21H23FN4O2S/c1-2-28-15-7-8-17-19(13-15)29-21(23-17)24-20(27)14-25-9-11-26(12-10-25)18-6-4-3-5-16(18)22/h3-8,13H,2,9-12,14H2,1H3,(H,23,24,27). The minimum absolute atomic E-state index is 0.0894. The number of carbonyl (C=O) groups excluding carboxylic acids is 1. The predicted molar refractivity (Wildman–Crippen MR) is 114 cm³/mol. The van der Waals surface area contributed by atoms with Crippen molar-refractivity contribution in [1.29, 1.82) is 0 Å². The van der Waals surface area contributed by atoms with Crippen molar-refractivity contribution < 1.29 is 13.9 Å². The third kappa shape index (κ3) is 4.65. The number of carbonyl (C=O) groups is 1. The molecule has 2 heterocycles. The summed E-state index contributed by atoms with van der Waals surface area (Å²) in [6.45, 7) is 5.64. The summed E-state index contributed by atoms with van der Waals surface area (Å²) < 4.78 is 20.4. The third-order valence-electron chi connectivity index (χ3n) is 4.85. The van der Waals surface area contributed by atoms with Gasteiger partial charge in [-0.05, 0) is 37.3 Å². The summed E-state index contributed by atoms with van der Waals surface area (Å²) in [6.07, 6.45) is 0. The van der Waals surface area contributed by atoms with E-state index in [1.54, 1.807) is 12.1 Å². The van der Waals surface area contributed by atoms with E-state index in [0.717, 1.165) is 16.0 Å². The number of rotatable bonds is 6. The monoisotopic (exact) mass is 414 g/mol. The van der Waals surface area contributed by atoms with Crippen molar-refractivity contribution in [3.8, 4) is 5.75 Å². The first-order valence-electron chi connectivity index (χ1n) is 9.67. The van der Waals surface area contributed by atoms with Crippen LogP contribution in [0.25, 0.3) is 10.2 Å². The van der Waals surface area contributed by atoms with E-state index < -0.39 is 0 Å². The van der Waals surface area contributed by atoms with Gasteiger partial charge in [-0.1, -0.05) is 23.5 Å². The number of ether oxygens (including phenoxy) is 1. The first-order chi connectivity index (χ1) is 14.1. The van der Waals surface area contributed by atoms with Crippen LogP contribution >= 0.6 is 11.3 Å². The number of aromatic nitrogens is 1. The van der Waals surface area contributed by atoms with Crippen molar-refractivity contribution in [3.63, 3.8) is 0 Å². The molecule has 1 amide bonds. The SMILES string of the molecule is CCOc1ccc2nc(NC(=O)CN3CCN(c4ccccc4F)CC3)sc2c1. The quantitative estimate of drug-likeness (QED) is 0.668. The number of para-hydroxylation sites is 1. The summed E-state index contributed by atoms with van der Waals surface area (Å²) in [5.41, 5.74) is 1.46. The number of nitrogens with one attached hydrogen (secondary N) is 1. The molecular weight excluding hydrogens is 391 g/mol. The smallest absolute Gasteiger partial charge is 0.240 e. The maximum absolute atomic E-state index is 13.9. The molecule has 8 heteroatoms. The van der Waals surface area contributed by atoms with Crippen LogP contribution in [0.1, 0.15) is 6.92 Å². The summed E-state index contributed by atoms with van der Waals surface area (Å²) in [4.78, 5) is 21.0. The van der Waals surface area contributed by atoms with E-state index in [2.05, 4.69) is 15.2 Å². The Labute approximate surface area is 172 Å². The Morgan fingerprint density at radius 2 is 2.00 bits per heavy atom. The van der Waals surface area contributed by atoms with Crippen LogP contribution in [0.5, 0.6) is 5.75 Å². The number of amides is 1. The Balaban J connectivity index is 1.31. The zero-order valence-corrected chi connectivity index (χ0v) is 17.0. The van der Waals surface area contributed by atoms with E-state index in [1.165, 1.54) is 17.4 Å². The molecule has 0 atom stereocenters. The van der Waals surface area contributed by atoms with Crippen LogP contribution in [-0.4, -0.2) is 55.1 Å². The average Bonchev–Trinajstić information content (AvgIpc) is 3.10. The van der Waals surface area contributed by atoms with Crippen LogP contribution in [0.4, 0.5) is 15.2 Å². The molecule has 0 saturated carbocycles. The largest absolute Gasteiger partial charge is 0.494 e. The summed E-state index contributed by atoms with van der Waals surface area (Å²) in [6, 6.07) is 12.5. The molecule has 152 valence electrons. The molecule has 1 aromatic heterocycles. The van der Waals surface area contributed by atoms with Crippen LogP contribution in [0.15, 0.2) is 42.5 Å². The van der Waals surface area contributed by atoms with Crippen LogP contribution < -0.4 is 15.0 Å². The number of fused-ring (bicyclic) bond motifs is 1. The van der Waals surface area contributed by atoms with Crippen LogP contribution in [-0.2, 0) is 4.79 Å². The van der Waals surface area contributed by atoms with Gasteiger partial charge in [0.25, 0.3) is 0 Å². The lowest BCUT2D eigenvalue weighted by Gasteiger charge is -2.35. The van der Waals surface area contributed by atoms with Gasteiger partial charge in [-0.15, -0.1) is 0 Å². The van der Waals surface area contributed by atoms with Crippen molar-refractivity contribution in [2.24, 2.45) is 0 Å². The first-order valence-corrected chi connectivity index (χ1v) is 10.5. The Bertz CT molecular complexity index is 1000. The molecule has 1 saturated heterocycles. The zero-order chi connectivity index (χ0) is 20.2. The highest BCUT2D eigenvalue weighted by atomic mass is 32.1. The van der Waals surface area contributed by atoms with Gasteiger partial charge in [-0.3, -0.25) is 9.69 Å². The van der Waals surface area contributed by atoms with Gasteiger partial charge in [0.05, 0.1) is 29.1 Å². The van der Waals surface area contributed by atoms with E-state index in [0.29, 0.717) is 50.1 Å². The molecule has 4 rings (SSSR count). The summed E-state index contributed by atoms with van der Waals surface area (Å²) in [7, 11) is 0. The van der Waals surface area contributed by atoms with Gasteiger partial charge in [-0.25, -0.2) is 9.37 Å². The molecule has 2 aromatic carbocycles. The number of anilines is 2. The molecule has 1 N–H and O–H groups in total. The van der Waals surface area contributed by atoms with Crippen molar-refractivity contribution in [3.05, 3.63) is 48.3 Å². The molecule has 1 aliphatic heterocycles. The van der Waals surface area contributed by atoms with Crippen LogP contribution in [0.2, 0.25) is 0 Å². The van der Waals surface area contributed by atoms with Crippen LogP contribution in [0, 0.1) is 5.82 Å². The normalized spacial score (nSPS) is 14.9. The van der Waals surface area contributed by atoms with E-state index in [9.17, 15) is 9.18 Å². The second kappa shape index (κ2) is 8.75. The lowest BCUT2D eigenvalue weighted by Crippen LogP contribution is -2.48. The van der Waals surface area contributed by atoms with Crippen molar-refractivity contribution in [1.82, 2.24) is 9.88 Å². The molecule has 0 bridgehead atoms. The molecule has 6 nitrogen and oxygen atoms in total. The highest BCUT2D eigenvalue weighted by molar-refractivity contribution is 7.22. The predicted octanol–water partition coefficient (Wildman–Crippen LogP) is 3.59. The minimum Gasteiger partial charge on any atom is -0.494 e. The number of piperazine rings is 1. The van der Waals surface area contributed by atoms with E-state index in [-0.39, 0.29) is 11.7 Å². The van der Waals surface area contributed by atoms with E-state index in [4.69, 9.17) is 4.74 Å². The Morgan fingerprint density at radius 1 is 1.21 bits per heavy atom. The molecule has 0 radical (unpaired) electrons. The first kappa shape index (κ1) is 19.6. The van der Waals surface area contributed by atoms with Gasteiger partial charge >= 0.3 is 0 Å². The lowest BCUT2D eigenvalue weighted by molar-refractivity contribution is -0.117. The van der Waals surface area contributed by atoms with Crippen molar-refractivity contribution in [2.75, 3.05) is 49.5 Å². The van der Waals surface area contributed by atoms with Crippen LogP contribution in [0.3, 0.4) is 0 Å². The van der Waals surface area contributed by atoms with Gasteiger partial charge in [0.15, 0.2) is 5.13 Å². The summed E-state index contributed by atoms with van der Waals surface area (Å²) in [5.74, 6) is 0.504. The van der Waals surface area contributed by atoms with Gasteiger partial charge in [-0.2, -0.15) is 0 Å². The number of hydrogen-bond acceptors (Lipinski definition) is 6. The molecule has 3 aromatic rings. The highest BCUT2D eigenvalue weighted by Crippen LogP contribution is 2.29. The number of hydrogen-bond donors (Lipinski definition) is 1. The minimum atomic E-state index is -0.206. The van der Waals surface area contributed by atoms with Gasteiger partial charge < -0.3 is 15.0 Å². The molecule has 0 spiro atoms. The van der Waals surface area contributed by atoms with E-state index >= 15 is 0 Å². The Hall–Kier alpha value is -2.71. The van der Waals surface area contributed by atoms with Crippen molar-refractivity contribution >= 4 is 38.3 Å². The van der Waals surface area contributed by atoms with Gasteiger partial charge in [0, 0.05) is 26.2 Å². The Kier molecular flexibility index (Phi) is 5.92. The second-order valence-corrected chi connectivity index (χ2v) is 7.87. The number of nitrogens with zero attached hydrogens (tertiary/aromatic N) is 3.